The van der Waals surface area contributed by atoms with E-state index in [-0.39, 0.29) is 5.41 Å². The second kappa shape index (κ2) is 5.74. The molecule has 0 atom stereocenters. The van der Waals surface area contributed by atoms with E-state index in [4.69, 9.17) is 16.3 Å². The molecule has 0 aliphatic heterocycles. The lowest BCUT2D eigenvalue weighted by Crippen LogP contribution is -2.11. The minimum Gasteiger partial charge on any atom is -0.490 e. The van der Waals surface area contributed by atoms with Crippen LogP contribution in [-0.4, -0.2) is 12.5 Å². The maximum absolute atomic E-state index is 5.60. The van der Waals surface area contributed by atoms with Gasteiger partial charge in [0.05, 0.1) is 14.8 Å². The maximum Gasteiger partial charge on any atom is 0.147 e. The van der Waals surface area contributed by atoms with Gasteiger partial charge in [-0.25, -0.2) is 0 Å². The van der Waals surface area contributed by atoms with E-state index in [0.29, 0.717) is 12.5 Å². The minimum absolute atomic E-state index is 0.121. The lowest BCUT2D eigenvalue weighted by atomic mass is 9.87. The molecule has 1 aromatic carbocycles. The van der Waals surface area contributed by atoms with Crippen LogP contribution in [0.1, 0.15) is 26.3 Å². The SMILES string of the molecule is CC(C)(C)c1cc(Br)c(OCCCl)c(Br)c1. The third kappa shape index (κ3) is 3.64. The van der Waals surface area contributed by atoms with Crippen LogP contribution in [0.15, 0.2) is 21.1 Å². The zero-order valence-electron chi connectivity index (χ0n) is 9.61. The van der Waals surface area contributed by atoms with Gasteiger partial charge in [-0.2, -0.15) is 0 Å². The summed E-state index contributed by atoms with van der Waals surface area (Å²) in [5.41, 5.74) is 1.38. The molecule has 0 aliphatic carbocycles. The van der Waals surface area contributed by atoms with Crippen LogP contribution in [0.5, 0.6) is 5.75 Å². The molecule has 0 amide bonds. The molecule has 4 heteroatoms. The van der Waals surface area contributed by atoms with Gasteiger partial charge in [0, 0.05) is 0 Å². The predicted molar refractivity (Wildman–Crippen MR) is 76.8 cm³/mol. The van der Waals surface area contributed by atoms with Gasteiger partial charge in [-0.3, -0.25) is 0 Å². The molecule has 0 spiro atoms. The van der Waals surface area contributed by atoms with Crippen LogP contribution in [0.2, 0.25) is 0 Å². The molecule has 0 saturated heterocycles. The molecule has 0 radical (unpaired) electrons. The summed E-state index contributed by atoms with van der Waals surface area (Å²) in [6, 6.07) is 4.18. The number of ether oxygens (including phenoxy) is 1. The smallest absolute Gasteiger partial charge is 0.147 e. The monoisotopic (exact) mass is 368 g/mol. The number of alkyl halides is 1. The number of rotatable bonds is 3. The Morgan fingerprint density at radius 1 is 1.19 bits per heavy atom. The van der Waals surface area contributed by atoms with E-state index in [9.17, 15) is 0 Å². The Kier molecular flexibility index (Phi) is 5.14. The molecule has 0 N–H and O–H groups in total. The fraction of sp³-hybridized carbons (Fsp3) is 0.500. The second-order valence-corrected chi connectivity index (χ2v) is 6.64. The Labute approximate surface area is 119 Å². The van der Waals surface area contributed by atoms with E-state index in [2.05, 4.69) is 64.8 Å². The van der Waals surface area contributed by atoms with Crippen molar-refractivity contribution in [3.8, 4) is 5.75 Å². The van der Waals surface area contributed by atoms with Gasteiger partial charge in [0.2, 0.25) is 0 Å². The Morgan fingerprint density at radius 2 is 1.69 bits per heavy atom. The second-order valence-electron chi connectivity index (χ2n) is 4.56. The molecular formula is C12H15Br2ClO. The van der Waals surface area contributed by atoms with Gasteiger partial charge in [-0.15, -0.1) is 11.6 Å². The summed E-state index contributed by atoms with van der Waals surface area (Å²) in [6.45, 7) is 7.05. The molecular weight excluding hydrogens is 355 g/mol. The van der Waals surface area contributed by atoms with Gasteiger partial charge >= 0.3 is 0 Å². The van der Waals surface area contributed by atoms with E-state index in [1.807, 2.05) is 0 Å². The van der Waals surface area contributed by atoms with E-state index in [1.165, 1.54) is 5.56 Å². The van der Waals surface area contributed by atoms with Crippen LogP contribution < -0.4 is 4.74 Å². The average Bonchev–Trinajstić information content (AvgIpc) is 2.15. The molecule has 1 rings (SSSR count). The Balaban J connectivity index is 3.08. The van der Waals surface area contributed by atoms with Crippen LogP contribution >= 0.6 is 43.5 Å². The van der Waals surface area contributed by atoms with Crippen molar-refractivity contribution in [3.05, 3.63) is 26.6 Å². The lowest BCUT2D eigenvalue weighted by Gasteiger charge is -2.21. The first kappa shape index (κ1) is 14.3. The first-order valence-corrected chi connectivity index (χ1v) is 7.16. The molecule has 0 aromatic heterocycles. The molecule has 0 heterocycles. The maximum atomic E-state index is 5.60. The van der Waals surface area contributed by atoms with Crippen LogP contribution in [0, 0.1) is 0 Å². The van der Waals surface area contributed by atoms with Crippen molar-refractivity contribution in [2.24, 2.45) is 0 Å². The summed E-state index contributed by atoms with van der Waals surface area (Å²) in [4.78, 5) is 0. The van der Waals surface area contributed by atoms with Crippen molar-refractivity contribution < 1.29 is 4.74 Å². The molecule has 16 heavy (non-hydrogen) atoms. The van der Waals surface area contributed by atoms with Crippen molar-refractivity contribution in [3.63, 3.8) is 0 Å². The Hall–Kier alpha value is 0.270. The van der Waals surface area contributed by atoms with Gasteiger partial charge in [0.1, 0.15) is 12.4 Å². The Morgan fingerprint density at radius 3 is 2.06 bits per heavy atom. The molecule has 1 nitrogen and oxygen atoms in total. The van der Waals surface area contributed by atoms with Gasteiger partial charge in [0.25, 0.3) is 0 Å². The van der Waals surface area contributed by atoms with Crippen LogP contribution in [0.3, 0.4) is 0 Å². The van der Waals surface area contributed by atoms with Crippen LogP contribution in [0.4, 0.5) is 0 Å². The number of halogens is 3. The first-order chi connectivity index (χ1) is 7.36. The molecule has 0 bridgehead atoms. The summed E-state index contributed by atoms with van der Waals surface area (Å²) in [5, 5.41) is 0. The van der Waals surface area contributed by atoms with Gasteiger partial charge < -0.3 is 4.74 Å². The zero-order valence-corrected chi connectivity index (χ0v) is 13.5. The molecule has 90 valence electrons. The highest BCUT2D eigenvalue weighted by Gasteiger charge is 2.17. The fourth-order valence-electron chi connectivity index (χ4n) is 1.27. The van der Waals surface area contributed by atoms with E-state index in [0.717, 1.165) is 14.7 Å². The van der Waals surface area contributed by atoms with E-state index >= 15 is 0 Å². The van der Waals surface area contributed by atoms with Gasteiger partial charge in [0.15, 0.2) is 0 Å². The third-order valence-corrected chi connectivity index (χ3v) is 3.52. The number of hydrogen-bond donors (Lipinski definition) is 0. The van der Waals surface area contributed by atoms with Gasteiger partial charge in [-0.1, -0.05) is 20.8 Å². The summed E-state index contributed by atoms with van der Waals surface area (Å²) < 4.78 is 7.47. The summed E-state index contributed by atoms with van der Waals surface area (Å²) in [5.74, 6) is 1.30. The van der Waals surface area contributed by atoms with Crippen molar-refractivity contribution in [1.29, 1.82) is 0 Å². The molecule has 0 saturated carbocycles. The van der Waals surface area contributed by atoms with E-state index < -0.39 is 0 Å². The number of benzene rings is 1. The third-order valence-electron chi connectivity index (χ3n) is 2.19. The molecule has 1 aromatic rings. The summed E-state index contributed by atoms with van der Waals surface area (Å²) in [7, 11) is 0. The highest BCUT2D eigenvalue weighted by atomic mass is 79.9. The van der Waals surface area contributed by atoms with Crippen molar-refractivity contribution in [2.45, 2.75) is 26.2 Å². The number of hydrogen-bond acceptors (Lipinski definition) is 1. The molecule has 0 unspecified atom stereocenters. The fourth-order valence-corrected chi connectivity index (χ4v) is 2.76. The largest absolute Gasteiger partial charge is 0.490 e. The summed E-state index contributed by atoms with van der Waals surface area (Å²) in [6.07, 6.45) is 0. The molecule has 0 aliphatic rings. The van der Waals surface area contributed by atoms with Crippen molar-refractivity contribution in [2.75, 3.05) is 12.5 Å². The van der Waals surface area contributed by atoms with Crippen LogP contribution in [0.25, 0.3) is 0 Å². The quantitative estimate of drug-likeness (QED) is 0.671. The normalized spacial score (nSPS) is 11.6. The van der Waals surface area contributed by atoms with Crippen molar-refractivity contribution in [1.82, 2.24) is 0 Å². The van der Waals surface area contributed by atoms with Gasteiger partial charge in [-0.05, 0) is 55.0 Å². The lowest BCUT2D eigenvalue weighted by molar-refractivity contribution is 0.338. The van der Waals surface area contributed by atoms with Crippen molar-refractivity contribution >= 4 is 43.5 Å². The topological polar surface area (TPSA) is 9.23 Å². The van der Waals surface area contributed by atoms with Crippen LogP contribution in [-0.2, 0) is 5.41 Å². The highest BCUT2D eigenvalue weighted by Crippen LogP contribution is 2.38. The minimum atomic E-state index is 0.121. The zero-order chi connectivity index (χ0) is 12.3. The summed E-state index contributed by atoms with van der Waals surface area (Å²) >= 11 is 12.6. The predicted octanol–water partition coefficient (Wildman–Crippen LogP) is 5.13. The standard InChI is InChI=1S/C12H15Br2ClO/c1-12(2,3)8-6-9(13)11(10(14)7-8)16-5-4-15/h6-7H,4-5H2,1-3H3. The first-order valence-electron chi connectivity index (χ1n) is 5.04. The Bertz CT molecular complexity index is 349. The van der Waals surface area contributed by atoms with E-state index in [1.54, 1.807) is 0 Å². The molecule has 0 fully saturated rings. The highest BCUT2D eigenvalue weighted by molar-refractivity contribution is 9.11. The average molecular weight is 371 g/mol.